The average molecular weight is 330 g/mol. The van der Waals surface area contributed by atoms with Crippen LogP contribution in [0.2, 0.25) is 0 Å². The number of rotatable bonds is 11. The maximum absolute atomic E-state index is 12.3. The number of unbranched alkanes of at least 4 members (excludes halogenated alkanes) is 5. The van der Waals surface area contributed by atoms with Crippen LogP contribution in [0.3, 0.4) is 0 Å². The molecule has 0 saturated heterocycles. The lowest BCUT2D eigenvalue weighted by Gasteiger charge is -2.11. The Balaban J connectivity index is 2.59. The van der Waals surface area contributed by atoms with E-state index in [9.17, 15) is 8.42 Å². The lowest BCUT2D eigenvalue weighted by atomic mass is 10.1. The first-order chi connectivity index (χ1) is 10.5. The maximum Gasteiger partial charge on any atom is 0.300 e. The zero-order valence-electron chi connectivity index (χ0n) is 13.6. The van der Waals surface area contributed by atoms with E-state index in [1.165, 1.54) is 39.5 Å². The predicted octanol–water partition coefficient (Wildman–Crippen LogP) is 3.77. The Morgan fingerprint density at radius 1 is 0.955 bits per heavy atom. The van der Waals surface area contributed by atoms with Crippen LogP contribution in [-0.4, -0.2) is 29.2 Å². The fourth-order valence-electron chi connectivity index (χ4n) is 2.09. The summed E-state index contributed by atoms with van der Waals surface area (Å²) in [4.78, 5) is 0.000308. The fourth-order valence-corrected chi connectivity index (χ4v) is 3.22. The van der Waals surface area contributed by atoms with E-state index in [1.807, 2.05) is 0 Å². The van der Waals surface area contributed by atoms with Crippen molar-refractivity contribution in [2.75, 3.05) is 20.8 Å². The zero-order valence-corrected chi connectivity index (χ0v) is 14.4. The topological polar surface area (TPSA) is 61.8 Å². The van der Waals surface area contributed by atoms with Crippen molar-refractivity contribution < 1.29 is 22.1 Å². The van der Waals surface area contributed by atoms with Crippen LogP contribution in [-0.2, 0) is 14.3 Å². The highest BCUT2D eigenvalue weighted by molar-refractivity contribution is 7.86. The van der Waals surface area contributed by atoms with Crippen molar-refractivity contribution in [2.24, 2.45) is 0 Å². The molecule has 1 rings (SSSR count). The molecule has 0 aromatic heterocycles. The summed E-state index contributed by atoms with van der Waals surface area (Å²) < 4.78 is 39.8. The molecule has 0 spiro atoms. The number of hydrogen-bond acceptors (Lipinski definition) is 5. The molecule has 0 aliphatic rings. The summed E-state index contributed by atoms with van der Waals surface area (Å²) in [5.74, 6) is 0.700. The summed E-state index contributed by atoms with van der Waals surface area (Å²) in [6.45, 7) is 2.35. The van der Waals surface area contributed by atoms with Crippen LogP contribution in [0.1, 0.15) is 45.4 Å². The molecular formula is C16H26O5S. The van der Waals surface area contributed by atoms with Gasteiger partial charge in [0.15, 0.2) is 0 Å². The van der Waals surface area contributed by atoms with E-state index in [0.717, 1.165) is 19.3 Å². The summed E-state index contributed by atoms with van der Waals surface area (Å²) in [6, 6.07) is 4.61. The molecule has 0 unspecified atom stereocenters. The van der Waals surface area contributed by atoms with Crippen LogP contribution >= 0.6 is 0 Å². The molecule has 0 aliphatic heterocycles. The molecule has 0 saturated carbocycles. The summed E-state index contributed by atoms with van der Waals surface area (Å²) in [5.41, 5.74) is 0. The highest BCUT2D eigenvalue weighted by Gasteiger charge is 2.21. The fraction of sp³-hybridized carbons (Fsp3) is 0.625. The largest absolute Gasteiger partial charge is 0.497 e. The molecule has 0 N–H and O–H groups in total. The first kappa shape index (κ1) is 18.8. The SMILES string of the molecule is CCCCCCCCOS(=O)(=O)c1cc(OC)ccc1OC. The normalized spacial score (nSPS) is 11.4. The van der Waals surface area contributed by atoms with Crippen molar-refractivity contribution in [3.05, 3.63) is 18.2 Å². The molecule has 0 fully saturated rings. The third kappa shape index (κ3) is 5.85. The van der Waals surface area contributed by atoms with Crippen LogP contribution in [0, 0.1) is 0 Å². The van der Waals surface area contributed by atoms with Gasteiger partial charge in [0.25, 0.3) is 0 Å². The molecule has 0 radical (unpaired) electrons. The van der Waals surface area contributed by atoms with Gasteiger partial charge in [0, 0.05) is 6.07 Å². The van der Waals surface area contributed by atoms with Gasteiger partial charge in [0.1, 0.15) is 16.4 Å². The number of methoxy groups -OCH3 is 2. The Bertz CT molecular complexity index is 539. The van der Waals surface area contributed by atoms with Gasteiger partial charge in [-0.25, -0.2) is 0 Å². The molecule has 0 amide bonds. The van der Waals surface area contributed by atoms with Gasteiger partial charge < -0.3 is 9.47 Å². The van der Waals surface area contributed by atoms with E-state index in [1.54, 1.807) is 12.1 Å². The smallest absolute Gasteiger partial charge is 0.300 e. The summed E-state index contributed by atoms with van der Waals surface area (Å²) in [6.07, 6.45) is 6.42. The minimum atomic E-state index is -3.84. The molecule has 1 aromatic rings. The molecule has 0 bridgehead atoms. The van der Waals surface area contributed by atoms with Gasteiger partial charge in [-0.2, -0.15) is 8.42 Å². The molecule has 0 aliphatic carbocycles. The van der Waals surface area contributed by atoms with Crippen molar-refractivity contribution in [1.82, 2.24) is 0 Å². The Hall–Kier alpha value is -1.27. The van der Waals surface area contributed by atoms with E-state index in [0.29, 0.717) is 5.75 Å². The standard InChI is InChI=1S/C16H26O5S/c1-4-5-6-7-8-9-12-21-22(17,18)16-13-14(19-2)10-11-15(16)20-3/h10-11,13H,4-9,12H2,1-3H3. The lowest BCUT2D eigenvalue weighted by Crippen LogP contribution is -2.09. The lowest BCUT2D eigenvalue weighted by molar-refractivity contribution is 0.302. The second-order valence-electron chi connectivity index (χ2n) is 5.06. The molecule has 1 aromatic carbocycles. The number of ether oxygens (including phenoxy) is 2. The second kappa shape index (κ2) is 9.69. The number of hydrogen-bond donors (Lipinski definition) is 0. The van der Waals surface area contributed by atoms with E-state index in [-0.39, 0.29) is 17.3 Å². The number of benzene rings is 1. The van der Waals surface area contributed by atoms with Crippen molar-refractivity contribution in [1.29, 1.82) is 0 Å². The van der Waals surface area contributed by atoms with E-state index in [4.69, 9.17) is 13.7 Å². The highest BCUT2D eigenvalue weighted by Crippen LogP contribution is 2.29. The first-order valence-corrected chi connectivity index (χ1v) is 9.07. The Kier molecular flexibility index (Phi) is 8.27. The van der Waals surface area contributed by atoms with E-state index < -0.39 is 10.1 Å². The average Bonchev–Trinajstić information content (AvgIpc) is 2.53. The Morgan fingerprint density at radius 3 is 2.27 bits per heavy atom. The van der Waals surface area contributed by atoms with Crippen LogP contribution in [0.15, 0.2) is 23.1 Å². The molecular weight excluding hydrogens is 304 g/mol. The molecule has 126 valence electrons. The maximum atomic E-state index is 12.3. The van der Waals surface area contributed by atoms with Gasteiger partial charge in [-0.15, -0.1) is 0 Å². The van der Waals surface area contributed by atoms with Gasteiger partial charge in [-0.3, -0.25) is 4.18 Å². The van der Waals surface area contributed by atoms with Crippen molar-refractivity contribution in [3.8, 4) is 11.5 Å². The van der Waals surface area contributed by atoms with Crippen molar-refractivity contribution in [2.45, 2.75) is 50.3 Å². The first-order valence-electron chi connectivity index (χ1n) is 7.66. The third-order valence-electron chi connectivity index (χ3n) is 3.38. The second-order valence-corrected chi connectivity index (χ2v) is 6.64. The van der Waals surface area contributed by atoms with Gasteiger partial charge in [0.05, 0.1) is 20.8 Å². The quantitative estimate of drug-likeness (QED) is 0.456. The van der Waals surface area contributed by atoms with Gasteiger partial charge >= 0.3 is 10.1 Å². The Labute approximate surface area is 133 Å². The summed E-state index contributed by atoms with van der Waals surface area (Å²) in [5, 5.41) is 0. The molecule has 5 nitrogen and oxygen atoms in total. The zero-order chi connectivity index (χ0) is 16.4. The molecule has 0 atom stereocenters. The van der Waals surface area contributed by atoms with Gasteiger partial charge in [-0.1, -0.05) is 39.0 Å². The van der Waals surface area contributed by atoms with E-state index >= 15 is 0 Å². The minimum absolute atomic E-state index is 0.000308. The molecule has 6 heteroatoms. The van der Waals surface area contributed by atoms with Gasteiger partial charge in [0.2, 0.25) is 0 Å². The minimum Gasteiger partial charge on any atom is -0.497 e. The van der Waals surface area contributed by atoms with E-state index in [2.05, 4.69) is 6.92 Å². The van der Waals surface area contributed by atoms with Crippen LogP contribution in [0.25, 0.3) is 0 Å². The summed E-state index contributed by atoms with van der Waals surface area (Å²) in [7, 11) is -0.931. The van der Waals surface area contributed by atoms with Crippen LogP contribution in [0.4, 0.5) is 0 Å². The van der Waals surface area contributed by atoms with Crippen molar-refractivity contribution >= 4 is 10.1 Å². The predicted molar refractivity (Wildman–Crippen MR) is 86.1 cm³/mol. The van der Waals surface area contributed by atoms with Crippen LogP contribution in [0.5, 0.6) is 11.5 Å². The van der Waals surface area contributed by atoms with Gasteiger partial charge in [-0.05, 0) is 18.6 Å². The van der Waals surface area contributed by atoms with Crippen molar-refractivity contribution in [3.63, 3.8) is 0 Å². The molecule has 22 heavy (non-hydrogen) atoms. The van der Waals surface area contributed by atoms with Crippen LogP contribution < -0.4 is 9.47 Å². The summed E-state index contributed by atoms with van der Waals surface area (Å²) >= 11 is 0. The third-order valence-corrected chi connectivity index (χ3v) is 4.71. The Morgan fingerprint density at radius 2 is 1.64 bits per heavy atom. The monoisotopic (exact) mass is 330 g/mol. The molecule has 0 heterocycles. The highest BCUT2D eigenvalue weighted by atomic mass is 32.2.